The number of alkyl halides is 5. The lowest BCUT2D eigenvalue weighted by Crippen LogP contribution is -2.32. The molecule has 0 bridgehead atoms. The van der Waals surface area contributed by atoms with Gasteiger partial charge in [-0.05, 0) is 48.0 Å². The van der Waals surface area contributed by atoms with Crippen LogP contribution in [0.1, 0.15) is 33.2 Å². The number of hydrogen-bond donors (Lipinski definition) is 3. The lowest BCUT2D eigenvalue weighted by molar-refractivity contribution is -0.137. The maximum atomic E-state index is 14.9. The number of halogens is 6. The van der Waals surface area contributed by atoms with Crippen LogP contribution in [0.15, 0.2) is 84.1 Å². The zero-order valence-electron chi connectivity index (χ0n) is 20.2. The Morgan fingerprint density at radius 1 is 0.950 bits per heavy atom. The Bertz CT molecular complexity index is 1550. The Labute approximate surface area is 223 Å². The highest BCUT2D eigenvalue weighted by molar-refractivity contribution is 6.15. The van der Waals surface area contributed by atoms with Crippen LogP contribution in [-0.2, 0) is 6.18 Å². The van der Waals surface area contributed by atoms with E-state index in [0.29, 0.717) is 11.8 Å². The molecule has 0 spiro atoms. The first-order chi connectivity index (χ1) is 19.0. The number of aliphatic hydroxyl groups excluding tert-OH is 1. The fourth-order valence-electron chi connectivity index (χ4n) is 3.69. The number of nitrogens with zero attached hydrogens (tertiary/aromatic N) is 3. The van der Waals surface area contributed by atoms with Gasteiger partial charge in [-0.3, -0.25) is 4.79 Å². The van der Waals surface area contributed by atoms with Crippen molar-refractivity contribution in [2.24, 2.45) is 4.99 Å². The largest absolute Gasteiger partial charge is 0.417 e. The summed E-state index contributed by atoms with van der Waals surface area (Å²) in [7, 11) is 0. The molecule has 0 aliphatic rings. The molecule has 1 amide bonds. The van der Waals surface area contributed by atoms with Gasteiger partial charge in [0.1, 0.15) is 17.8 Å². The highest BCUT2D eigenvalue weighted by Crippen LogP contribution is 2.37. The highest BCUT2D eigenvalue weighted by Gasteiger charge is 2.36. The first-order valence-electron chi connectivity index (χ1n) is 11.4. The fraction of sp³-hybridized carbons (Fsp3) is 0.111. The van der Waals surface area contributed by atoms with Gasteiger partial charge < -0.3 is 16.2 Å². The van der Waals surface area contributed by atoms with Crippen LogP contribution in [0, 0.1) is 5.82 Å². The third-order valence-electron chi connectivity index (χ3n) is 5.60. The predicted octanol–water partition coefficient (Wildman–Crippen LogP) is 5.69. The van der Waals surface area contributed by atoms with Gasteiger partial charge in [-0.2, -0.15) is 13.2 Å². The summed E-state index contributed by atoms with van der Waals surface area (Å²) >= 11 is 0. The van der Waals surface area contributed by atoms with E-state index in [1.165, 1.54) is 24.5 Å². The maximum Gasteiger partial charge on any atom is 0.417 e. The number of anilines is 1. The van der Waals surface area contributed by atoms with Crippen molar-refractivity contribution in [3.8, 4) is 11.4 Å². The number of aliphatic hydroxyl groups is 1. The van der Waals surface area contributed by atoms with Crippen LogP contribution in [0.25, 0.3) is 11.4 Å². The van der Waals surface area contributed by atoms with Crippen molar-refractivity contribution >= 4 is 23.1 Å². The third kappa shape index (κ3) is 6.26. The molecule has 0 saturated heterocycles. The minimum atomic E-state index is -4.98. The molecule has 0 fully saturated rings. The van der Waals surface area contributed by atoms with Crippen molar-refractivity contribution in [1.29, 1.82) is 0 Å². The van der Waals surface area contributed by atoms with E-state index in [1.54, 1.807) is 30.3 Å². The number of nitrogens with two attached hydrogens (primary N) is 1. The molecule has 206 valence electrons. The minimum Gasteiger partial charge on any atom is -0.398 e. The summed E-state index contributed by atoms with van der Waals surface area (Å²) in [6.07, 6.45) is -7.82. The van der Waals surface area contributed by atoms with Crippen molar-refractivity contribution in [2.75, 3.05) is 5.73 Å². The fourth-order valence-corrected chi connectivity index (χ4v) is 3.69. The average molecular weight is 559 g/mol. The number of rotatable bonds is 6. The van der Waals surface area contributed by atoms with Crippen molar-refractivity contribution in [1.82, 2.24) is 15.3 Å². The van der Waals surface area contributed by atoms with Crippen LogP contribution in [0.5, 0.6) is 0 Å². The van der Waals surface area contributed by atoms with Gasteiger partial charge in [-0.25, -0.2) is 28.1 Å². The number of amides is 1. The second-order valence-corrected chi connectivity index (χ2v) is 8.32. The molecular weight excluding hydrogens is 540 g/mol. The predicted molar refractivity (Wildman–Crippen MR) is 134 cm³/mol. The smallest absolute Gasteiger partial charge is 0.398 e. The quantitative estimate of drug-likeness (QED) is 0.122. The first kappa shape index (κ1) is 28.2. The standard InChI is InChI=1S/C27H19F6N5O2/c28-20-13-19(27(31,32)33)17(24-35-9-4-10-36-24)12-18(20)26(40)38-25(37-15-5-2-1-3-6-15)16-8-7-14(11-21(16)34)22(39)23(29)30/h1-13,22-23,39H,34H2,(H,37,38,40). The lowest BCUT2D eigenvalue weighted by Gasteiger charge is -2.17. The highest BCUT2D eigenvalue weighted by atomic mass is 19.4. The zero-order chi connectivity index (χ0) is 29.0. The van der Waals surface area contributed by atoms with Crippen LogP contribution >= 0.6 is 0 Å². The molecule has 1 atom stereocenters. The second-order valence-electron chi connectivity index (χ2n) is 8.32. The molecule has 1 unspecified atom stereocenters. The Balaban J connectivity index is 1.79. The van der Waals surface area contributed by atoms with E-state index in [9.17, 15) is 36.2 Å². The van der Waals surface area contributed by atoms with Gasteiger partial charge in [-0.1, -0.05) is 24.3 Å². The number of carbonyl (C=O) groups excluding carboxylic acids is 1. The number of nitrogens with one attached hydrogen (secondary N) is 1. The number of aromatic nitrogens is 2. The van der Waals surface area contributed by atoms with Crippen molar-refractivity contribution in [2.45, 2.75) is 18.7 Å². The van der Waals surface area contributed by atoms with Crippen LogP contribution < -0.4 is 11.1 Å². The van der Waals surface area contributed by atoms with E-state index in [4.69, 9.17) is 5.73 Å². The molecule has 4 aromatic rings. The number of hydrogen-bond acceptors (Lipinski definition) is 6. The normalized spacial score (nSPS) is 12.8. The summed E-state index contributed by atoms with van der Waals surface area (Å²) in [4.78, 5) is 25.1. The zero-order valence-corrected chi connectivity index (χ0v) is 20.2. The topological polar surface area (TPSA) is 113 Å². The van der Waals surface area contributed by atoms with Crippen LogP contribution in [0.2, 0.25) is 0 Å². The summed E-state index contributed by atoms with van der Waals surface area (Å²) in [5.74, 6) is -3.32. The Kier molecular flexibility index (Phi) is 8.14. The molecule has 0 aliphatic heterocycles. The number of amidine groups is 1. The molecule has 0 saturated carbocycles. The average Bonchev–Trinajstić information content (AvgIpc) is 2.92. The number of aliphatic imine (C=N–C) groups is 1. The molecule has 3 aromatic carbocycles. The van der Waals surface area contributed by atoms with E-state index in [0.717, 1.165) is 12.1 Å². The molecule has 0 aliphatic carbocycles. The van der Waals surface area contributed by atoms with Gasteiger partial charge in [0, 0.05) is 29.2 Å². The van der Waals surface area contributed by atoms with E-state index in [1.807, 2.05) is 0 Å². The molecule has 7 nitrogen and oxygen atoms in total. The minimum absolute atomic E-state index is 0.0151. The van der Waals surface area contributed by atoms with Gasteiger partial charge >= 0.3 is 6.18 Å². The van der Waals surface area contributed by atoms with Crippen molar-refractivity contribution in [3.63, 3.8) is 0 Å². The molecule has 4 rings (SSSR count). The Morgan fingerprint density at radius 2 is 1.62 bits per heavy atom. The molecule has 1 aromatic heterocycles. The Hall–Kier alpha value is -4.78. The van der Waals surface area contributed by atoms with Crippen molar-refractivity contribution in [3.05, 3.63) is 107 Å². The SMILES string of the molecule is Nc1cc(C(O)C(F)F)ccc1C(=Nc1ccccc1)NC(=O)c1cc(-c2ncccn2)c(C(F)(F)F)cc1F. The van der Waals surface area contributed by atoms with Crippen LogP contribution in [0.4, 0.5) is 37.7 Å². The molecule has 0 radical (unpaired) electrons. The lowest BCUT2D eigenvalue weighted by atomic mass is 10.0. The third-order valence-corrected chi connectivity index (χ3v) is 5.60. The molecular formula is C27H19F6N5O2. The summed E-state index contributed by atoms with van der Waals surface area (Å²) in [6.45, 7) is 0. The van der Waals surface area contributed by atoms with Crippen molar-refractivity contribution < 1.29 is 36.2 Å². The number of carbonyl (C=O) groups is 1. The molecule has 4 N–H and O–H groups in total. The first-order valence-corrected chi connectivity index (χ1v) is 11.4. The Morgan fingerprint density at radius 3 is 2.23 bits per heavy atom. The van der Waals surface area contributed by atoms with E-state index in [2.05, 4.69) is 20.3 Å². The summed E-state index contributed by atoms with van der Waals surface area (Å²) in [6, 6.07) is 13.7. The van der Waals surface area contributed by atoms with Crippen LogP contribution in [-0.4, -0.2) is 33.2 Å². The van der Waals surface area contributed by atoms with E-state index in [-0.39, 0.29) is 34.5 Å². The molecule has 1 heterocycles. The molecule has 40 heavy (non-hydrogen) atoms. The second kappa shape index (κ2) is 11.5. The van der Waals surface area contributed by atoms with Gasteiger partial charge in [-0.15, -0.1) is 0 Å². The van der Waals surface area contributed by atoms with Gasteiger partial charge in [0.15, 0.2) is 5.82 Å². The number of nitrogen functional groups attached to an aromatic ring is 1. The van der Waals surface area contributed by atoms with Gasteiger partial charge in [0.25, 0.3) is 12.3 Å². The summed E-state index contributed by atoms with van der Waals surface area (Å²) in [5, 5.41) is 12.0. The molecule has 13 heteroatoms. The maximum absolute atomic E-state index is 14.9. The van der Waals surface area contributed by atoms with E-state index < -0.39 is 47.1 Å². The summed E-state index contributed by atoms with van der Waals surface area (Å²) in [5.41, 5.74) is 3.17. The summed E-state index contributed by atoms with van der Waals surface area (Å²) < 4.78 is 81.9. The van der Waals surface area contributed by atoms with Gasteiger partial charge in [0.05, 0.1) is 16.8 Å². The van der Waals surface area contributed by atoms with E-state index >= 15 is 0 Å². The monoisotopic (exact) mass is 559 g/mol. The number of benzene rings is 3. The number of para-hydroxylation sites is 1. The van der Waals surface area contributed by atoms with Crippen LogP contribution in [0.3, 0.4) is 0 Å². The van der Waals surface area contributed by atoms with Gasteiger partial charge in [0.2, 0.25) is 0 Å².